The first-order valence-electron chi connectivity index (χ1n) is 6.47. The Balaban J connectivity index is 2.06. The first kappa shape index (κ1) is 14.9. The molecule has 0 unspecified atom stereocenters. The van der Waals surface area contributed by atoms with Crippen LogP contribution in [0.3, 0.4) is 0 Å². The van der Waals surface area contributed by atoms with Crippen molar-refractivity contribution in [1.82, 2.24) is 10.3 Å². The monoisotopic (exact) mass is 291 g/mol. The molecule has 1 aromatic heterocycles. The van der Waals surface area contributed by atoms with Gasteiger partial charge in [0.1, 0.15) is 17.5 Å². The first-order chi connectivity index (χ1) is 10.1. The highest BCUT2D eigenvalue weighted by molar-refractivity contribution is 5.98. The Bertz CT molecular complexity index is 626. The van der Waals surface area contributed by atoms with Crippen molar-refractivity contribution in [3.63, 3.8) is 0 Å². The van der Waals surface area contributed by atoms with Crippen LogP contribution in [0, 0.1) is 11.6 Å². The molecule has 6 heteroatoms. The van der Waals surface area contributed by atoms with E-state index >= 15 is 0 Å². The maximum atomic E-state index is 13.5. The van der Waals surface area contributed by atoms with Gasteiger partial charge in [-0.15, -0.1) is 0 Å². The number of halogens is 2. The van der Waals surface area contributed by atoms with Crippen LogP contribution in [0.15, 0.2) is 36.5 Å². The van der Waals surface area contributed by atoms with Crippen LogP contribution in [0.5, 0.6) is 0 Å². The van der Waals surface area contributed by atoms with Crippen molar-refractivity contribution >= 4 is 11.7 Å². The zero-order valence-corrected chi connectivity index (χ0v) is 11.5. The number of benzene rings is 1. The van der Waals surface area contributed by atoms with E-state index in [4.69, 9.17) is 0 Å². The Kier molecular flexibility index (Phi) is 4.81. The highest BCUT2D eigenvalue weighted by Gasteiger charge is 2.11. The molecule has 21 heavy (non-hydrogen) atoms. The van der Waals surface area contributed by atoms with Crippen molar-refractivity contribution in [1.29, 1.82) is 0 Å². The van der Waals surface area contributed by atoms with Crippen molar-refractivity contribution in [2.45, 2.75) is 6.42 Å². The van der Waals surface area contributed by atoms with E-state index in [1.807, 2.05) is 0 Å². The fraction of sp³-hybridized carbons (Fsp3) is 0.200. The van der Waals surface area contributed by atoms with Gasteiger partial charge in [0.2, 0.25) is 0 Å². The molecule has 0 spiro atoms. The molecule has 2 rings (SSSR count). The number of pyridine rings is 1. The summed E-state index contributed by atoms with van der Waals surface area (Å²) in [5.41, 5.74) is 0.399. The molecule has 1 aromatic carbocycles. The molecule has 1 amide bonds. The average Bonchev–Trinajstić information content (AvgIpc) is 2.50. The number of rotatable bonds is 5. The van der Waals surface area contributed by atoms with Gasteiger partial charge >= 0.3 is 0 Å². The number of carbonyl (C=O) groups excluding carboxylic acids is 1. The molecule has 0 bridgehead atoms. The smallest absolute Gasteiger partial charge is 0.254 e. The van der Waals surface area contributed by atoms with Gasteiger partial charge in [-0.25, -0.2) is 13.8 Å². The average molecular weight is 291 g/mol. The molecule has 0 saturated heterocycles. The van der Waals surface area contributed by atoms with Crippen molar-refractivity contribution in [2.75, 3.05) is 18.9 Å². The minimum Gasteiger partial charge on any atom is -0.369 e. The van der Waals surface area contributed by atoms with Crippen molar-refractivity contribution < 1.29 is 13.6 Å². The summed E-state index contributed by atoms with van der Waals surface area (Å²) in [6.45, 7) is 0.263. The molecule has 4 nitrogen and oxygen atoms in total. The maximum Gasteiger partial charge on any atom is 0.254 e. The van der Waals surface area contributed by atoms with Crippen LogP contribution in [-0.2, 0) is 6.42 Å². The van der Waals surface area contributed by atoms with Crippen LogP contribution in [-0.4, -0.2) is 24.5 Å². The van der Waals surface area contributed by atoms with Crippen LogP contribution < -0.4 is 10.6 Å². The van der Waals surface area contributed by atoms with Gasteiger partial charge in [0.25, 0.3) is 5.91 Å². The standard InChI is InChI=1S/C15H15F2N3O/c1-18-15(21)11-4-3-8-19-14(11)20-9-7-10-12(16)5-2-6-13(10)17/h2-6,8H,7,9H2,1H3,(H,18,21)(H,19,20). The molecule has 1 heterocycles. The summed E-state index contributed by atoms with van der Waals surface area (Å²) < 4.78 is 27.0. The Hall–Kier alpha value is -2.50. The summed E-state index contributed by atoms with van der Waals surface area (Å²) in [5.74, 6) is -1.05. The largest absolute Gasteiger partial charge is 0.369 e. The number of aromatic nitrogens is 1. The predicted octanol–water partition coefficient (Wildman–Crippen LogP) is 2.37. The van der Waals surface area contributed by atoms with Gasteiger partial charge in [-0.3, -0.25) is 4.79 Å². The summed E-state index contributed by atoms with van der Waals surface area (Å²) in [5, 5.41) is 5.44. The van der Waals surface area contributed by atoms with Crippen LogP contribution >= 0.6 is 0 Å². The molecular weight excluding hydrogens is 276 g/mol. The van der Waals surface area contributed by atoms with Gasteiger partial charge in [0.05, 0.1) is 5.56 Å². The normalized spacial score (nSPS) is 10.2. The summed E-state index contributed by atoms with van der Waals surface area (Å²) >= 11 is 0. The molecule has 0 aliphatic rings. The molecule has 0 radical (unpaired) electrons. The minimum atomic E-state index is -0.579. The topological polar surface area (TPSA) is 54.0 Å². The lowest BCUT2D eigenvalue weighted by Crippen LogP contribution is -2.21. The van der Waals surface area contributed by atoms with Crippen LogP contribution in [0.2, 0.25) is 0 Å². The molecule has 0 saturated carbocycles. The number of hydrogen-bond acceptors (Lipinski definition) is 3. The van der Waals surface area contributed by atoms with E-state index in [-0.39, 0.29) is 24.4 Å². The second-order valence-corrected chi connectivity index (χ2v) is 4.36. The summed E-state index contributed by atoms with van der Waals surface area (Å²) in [7, 11) is 1.52. The van der Waals surface area contributed by atoms with Gasteiger partial charge in [-0.2, -0.15) is 0 Å². The SMILES string of the molecule is CNC(=O)c1cccnc1NCCc1c(F)cccc1F. The van der Waals surface area contributed by atoms with Gasteiger partial charge in [0.15, 0.2) is 0 Å². The fourth-order valence-corrected chi connectivity index (χ4v) is 1.94. The molecule has 0 fully saturated rings. The van der Waals surface area contributed by atoms with Crippen molar-refractivity contribution in [2.24, 2.45) is 0 Å². The van der Waals surface area contributed by atoms with Gasteiger partial charge in [0, 0.05) is 25.4 Å². The quantitative estimate of drug-likeness (QED) is 0.889. The number of anilines is 1. The van der Waals surface area contributed by atoms with E-state index < -0.39 is 11.6 Å². The Morgan fingerprint density at radius 3 is 2.57 bits per heavy atom. The van der Waals surface area contributed by atoms with Crippen molar-refractivity contribution in [3.8, 4) is 0 Å². The molecule has 0 aliphatic carbocycles. The molecular formula is C15H15F2N3O. The number of amides is 1. The van der Waals surface area contributed by atoms with E-state index in [2.05, 4.69) is 15.6 Å². The van der Waals surface area contributed by atoms with Crippen LogP contribution in [0.1, 0.15) is 15.9 Å². The lowest BCUT2D eigenvalue weighted by molar-refractivity contribution is 0.0963. The minimum absolute atomic E-state index is 0.0161. The lowest BCUT2D eigenvalue weighted by Gasteiger charge is -2.10. The van der Waals surface area contributed by atoms with Gasteiger partial charge < -0.3 is 10.6 Å². The highest BCUT2D eigenvalue weighted by atomic mass is 19.1. The van der Waals surface area contributed by atoms with E-state index in [1.54, 1.807) is 18.3 Å². The zero-order valence-electron chi connectivity index (χ0n) is 11.5. The summed E-state index contributed by atoms with van der Waals surface area (Å²) in [4.78, 5) is 15.7. The van der Waals surface area contributed by atoms with Gasteiger partial charge in [-0.05, 0) is 30.7 Å². The predicted molar refractivity (Wildman–Crippen MR) is 76.2 cm³/mol. The van der Waals surface area contributed by atoms with E-state index in [1.165, 1.54) is 25.2 Å². The molecule has 0 aliphatic heterocycles. The van der Waals surface area contributed by atoms with E-state index in [0.717, 1.165) is 0 Å². The molecule has 2 N–H and O–H groups in total. The summed E-state index contributed by atoms with van der Waals surface area (Å²) in [6.07, 6.45) is 1.70. The van der Waals surface area contributed by atoms with Crippen LogP contribution in [0.25, 0.3) is 0 Å². The van der Waals surface area contributed by atoms with E-state index in [0.29, 0.717) is 11.4 Å². The third-order valence-corrected chi connectivity index (χ3v) is 3.01. The zero-order chi connectivity index (χ0) is 15.2. The maximum absolute atomic E-state index is 13.5. The first-order valence-corrected chi connectivity index (χ1v) is 6.47. The number of hydrogen-bond donors (Lipinski definition) is 2. The van der Waals surface area contributed by atoms with Crippen molar-refractivity contribution in [3.05, 3.63) is 59.3 Å². The second-order valence-electron chi connectivity index (χ2n) is 4.36. The second kappa shape index (κ2) is 6.78. The third kappa shape index (κ3) is 3.53. The number of nitrogens with zero attached hydrogens (tertiary/aromatic N) is 1. The number of carbonyl (C=O) groups is 1. The highest BCUT2D eigenvalue weighted by Crippen LogP contribution is 2.14. The van der Waals surface area contributed by atoms with Gasteiger partial charge in [-0.1, -0.05) is 6.07 Å². The Morgan fingerprint density at radius 1 is 1.19 bits per heavy atom. The van der Waals surface area contributed by atoms with E-state index in [9.17, 15) is 13.6 Å². The molecule has 2 aromatic rings. The number of nitrogens with one attached hydrogen (secondary N) is 2. The summed E-state index contributed by atoms with van der Waals surface area (Å²) in [6, 6.07) is 7.03. The Morgan fingerprint density at radius 2 is 1.90 bits per heavy atom. The fourth-order valence-electron chi connectivity index (χ4n) is 1.94. The lowest BCUT2D eigenvalue weighted by atomic mass is 10.1. The Labute approximate surface area is 121 Å². The third-order valence-electron chi connectivity index (χ3n) is 3.01. The molecule has 110 valence electrons. The van der Waals surface area contributed by atoms with Crippen LogP contribution in [0.4, 0.5) is 14.6 Å². The molecule has 0 atom stereocenters.